The van der Waals surface area contributed by atoms with Crippen LogP contribution in [0.2, 0.25) is 5.02 Å². The highest BCUT2D eigenvalue weighted by Gasteiger charge is 2.28. The van der Waals surface area contributed by atoms with E-state index >= 15 is 0 Å². The molecule has 8 nitrogen and oxygen atoms in total. The monoisotopic (exact) mass is 515 g/mol. The largest absolute Gasteiger partial charge is 0.354 e. The number of hydrogen-bond donors (Lipinski definition) is 2. The summed E-state index contributed by atoms with van der Waals surface area (Å²) in [7, 11) is 0. The molecule has 1 fully saturated rings. The predicted octanol–water partition coefficient (Wildman–Crippen LogP) is 5.44. The van der Waals surface area contributed by atoms with Crippen LogP contribution >= 0.6 is 23.4 Å². The molecule has 0 saturated carbocycles. The van der Waals surface area contributed by atoms with E-state index in [9.17, 15) is 4.79 Å². The molecular formula is C26H22ClN7OS. The first-order valence-corrected chi connectivity index (χ1v) is 12.5. The number of benzene rings is 2. The predicted molar refractivity (Wildman–Crippen MR) is 140 cm³/mol. The van der Waals surface area contributed by atoms with E-state index < -0.39 is 0 Å². The van der Waals surface area contributed by atoms with Crippen LogP contribution in [0, 0.1) is 24.2 Å². The molecule has 0 radical (unpaired) electrons. The van der Waals surface area contributed by atoms with Gasteiger partial charge in [0.05, 0.1) is 17.0 Å². The zero-order chi connectivity index (χ0) is 25.1. The molecule has 5 rings (SSSR count). The third-order valence-corrected chi connectivity index (χ3v) is 6.92. The van der Waals surface area contributed by atoms with Gasteiger partial charge in [0.2, 0.25) is 0 Å². The van der Waals surface area contributed by atoms with E-state index in [1.165, 1.54) is 11.8 Å². The summed E-state index contributed by atoms with van der Waals surface area (Å²) in [6.45, 7) is 3.22. The van der Waals surface area contributed by atoms with Crippen molar-refractivity contribution in [2.75, 3.05) is 23.3 Å². The summed E-state index contributed by atoms with van der Waals surface area (Å²) in [5.41, 5.74) is 2.37. The molecule has 0 aliphatic carbocycles. The molecule has 10 heteroatoms. The first-order valence-electron chi connectivity index (χ1n) is 11.3. The molecule has 3 heterocycles. The molecule has 0 amide bonds. The normalized spacial score (nSPS) is 13.2. The Bertz CT molecular complexity index is 1440. The minimum Gasteiger partial charge on any atom is -0.354 e. The van der Waals surface area contributed by atoms with Gasteiger partial charge in [0, 0.05) is 47.8 Å². The number of aromatic nitrogens is 4. The summed E-state index contributed by atoms with van der Waals surface area (Å²) >= 11 is 7.59. The maximum atomic E-state index is 12.6. The number of carbonyl (C=O) groups is 1. The Labute approximate surface area is 217 Å². The molecule has 2 aromatic heterocycles. The molecule has 0 unspecified atom stereocenters. The summed E-state index contributed by atoms with van der Waals surface area (Å²) < 4.78 is 0. The van der Waals surface area contributed by atoms with Gasteiger partial charge >= 0.3 is 0 Å². The second kappa shape index (κ2) is 10.4. The van der Waals surface area contributed by atoms with Crippen molar-refractivity contribution in [2.45, 2.75) is 23.4 Å². The zero-order valence-electron chi connectivity index (χ0n) is 19.4. The van der Waals surface area contributed by atoms with E-state index in [2.05, 4.69) is 31.5 Å². The summed E-state index contributed by atoms with van der Waals surface area (Å²) in [6, 6.07) is 20.9. The Balaban J connectivity index is 1.32. The number of nitriles is 1. The summed E-state index contributed by atoms with van der Waals surface area (Å²) in [4.78, 5) is 25.0. The van der Waals surface area contributed by atoms with Gasteiger partial charge in [0.25, 0.3) is 0 Å². The molecule has 2 N–H and O–H groups in total. The lowest BCUT2D eigenvalue weighted by Gasteiger charge is -2.36. The Morgan fingerprint density at radius 1 is 1.17 bits per heavy atom. The first kappa shape index (κ1) is 23.9. The molecule has 2 aromatic carbocycles. The van der Waals surface area contributed by atoms with E-state index in [0.717, 1.165) is 22.0 Å². The third kappa shape index (κ3) is 5.51. The van der Waals surface area contributed by atoms with Crippen LogP contribution in [0.1, 0.15) is 21.6 Å². The minimum atomic E-state index is -0.0217. The third-order valence-electron chi connectivity index (χ3n) is 5.71. The molecule has 180 valence electrons. The van der Waals surface area contributed by atoms with Crippen molar-refractivity contribution in [1.29, 1.82) is 5.26 Å². The van der Waals surface area contributed by atoms with E-state index in [4.69, 9.17) is 21.8 Å². The van der Waals surface area contributed by atoms with Crippen molar-refractivity contribution in [3.05, 3.63) is 82.5 Å². The summed E-state index contributed by atoms with van der Waals surface area (Å²) in [6.07, 6.45) is 0.271. The topological polar surface area (TPSA) is 111 Å². The van der Waals surface area contributed by atoms with Gasteiger partial charge < -0.3 is 10.2 Å². The van der Waals surface area contributed by atoms with Crippen LogP contribution in [-0.2, 0) is 6.42 Å². The van der Waals surface area contributed by atoms with Crippen LogP contribution in [0.15, 0.2) is 70.7 Å². The molecule has 0 atom stereocenters. The number of ketones is 1. The number of aromatic amines is 1. The van der Waals surface area contributed by atoms with Gasteiger partial charge in [0.15, 0.2) is 16.8 Å². The van der Waals surface area contributed by atoms with Crippen LogP contribution in [0.4, 0.5) is 17.5 Å². The summed E-state index contributed by atoms with van der Waals surface area (Å²) in [5.74, 6) is 2.04. The fourth-order valence-corrected chi connectivity index (χ4v) is 4.80. The molecule has 1 aliphatic rings. The second-order valence-electron chi connectivity index (χ2n) is 8.51. The van der Waals surface area contributed by atoms with E-state index in [1.54, 1.807) is 12.1 Å². The Morgan fingerprint density at radius 2 is 1.94 bits per heavy atom. The van der Waals surface area contributed by atoms with Crippen molar-refractivity contribution in [3.8, 4) is 6.07 Å². The van der Waals surface area contributed by atoms with E-state index in [0.29, 0.717) is 40.5 Å². The Hall–Kier alpha value is -3.87. The second-order valence-corrected chi connectivity index (χ2v) is 9.96. The van der Waals surface area contributed by atoms with Gasteiger partial charge in [-0.3, -0.25) is 9.89 Å². The highest BCUT2D eigenvalue weighted by atomic mass is 35.5. The van der Waals surface area contributed by atoms with Gasteiger partial charge in [-0.05, 0) is 48.5 Å². The highest BCUT2D eigenvalue weighted by Crippen LogP contribution is 2.31. The fourth-order valence-electron chi connectivity index (χ4n) is 3.79. The molecule has 36 heavy (non-hydrogen) atoms. The van der Waals surface area contributed by atoms with Crippen LogP contribution < -0.4 is 10.2 Å². The van der Waals surface area contributed by atoms with Gasteiger partial charge in [-0.2, -0.15) is 10.4 Å². The smallest absolute Gasteiger partial charge is 0.196 e. The zero-order valence-corrected chi connectivity index (χ0v) is 21.0. The molecule has 0 spiro atoms. The lowest BCUT2D eigenvalue weighted by molar-refractivity contribution is 0.0993. The molecule has 1 saturated heterocycles. The Morgan fingerprint density at radius 3 is 2.64 bits per heavy atom. The first-order chi connectivity index (χ1) is 17.5. The molecular weight excluding hydrogens is 494 g/mol. The van der Waals surface area contributed by atoms with Crippen molar-refractivity contribution in [2.24, 2.45) is 5.92 Å². The number of halogens is 1. The number of carbonyl (C=O) groups excluding carboxylic acids is 1. The fraction of sp³-hybridized carbons (Fsp3) is 0.192. The average molecular weight is 516 g/mol. The molecule has 1 aliphatic heterocycles. The lowest BCUT2D eigenvalue weighted by atomic mass is 10.0. The lowest BCUT2D eigenvalue weighted by Crippen LogP contribution is -2.46. The van der Waals surface area contributed by atoms with Gasteiger partial charge in [-0.25, -0.2) is 9.97 Å². The number of Topliss-reactive ketones (excluding diaryl/α,β-unsaturated/α-hetero) is 1. The number of hydrogen-bond acceptors (Lipinski definition) is 8. The van der Waals surface area contributed by atoms with Crippen molar-refractivity contribution in [1.82, 2.24) is 20.2 Å². The quantitative estimate of drug-likeness (QED) is 0.236. The number of H-pyrrole nitrogens is 1. The standard InChI is InChI=1S/C26H22ClN7OS/c1-16-10-24(33-32-16)29-23-12-25(34-14-18(13-28)15-34)31-26(30-23)36-19-8-6-17(7-9-19)11-22(35)20-4-2-3-5-21(20)27/h2-10,12,18H,11,14-15H2,1H3,(H2,29,30,31,32,33). The SMILES string of the molecule is Cc1cc(Nc2cc(N3CC(C#N)C3)nc(Sc3ccc(CC(=O)c4ccccc4Cl)cc3)n2)n[nH]1. The van der Waals surface area contributed by atoms with E-state index in [1.807, 2.05) is 55.5 Å². The maximum Gasteiger partial charge on any atom is 0.196 e. The Kier molecular flexibility index (Phi) is 6.89. The molecule has 0 bridgehead atoms. The number of aryl methyl sites for hydroxylation is 1. The number of anilines is 3. The van der Waals surface area contributed by atoms with Gasteiger partial charge in [0.1, 0.15) is 11.6 Å². The number of nitrogens with zero attached hydrogens (tertiary/aromatic N) is 5. The van der Waals surface area contributed by atoms with Crippen LogP contribution in [0.5, 0.6) is 0 Å². The van der Waals surface area contributed by atoms with Crippen molar-refractivity contribution < 1.29 is 4.79 Å². The van der Waals surface area contributed by atoms with Crippen LogP contribution in [0.3, 0.4) is 0 Å². The van der Waals surface area contributed by atoms with Gasteiger partial charge in [-0.1, -0.05) is 35.9 Å². The van der Waals surface area contributed by atoms with Crippen LogP contribution in [-0.4, -0.2) is 39.0 Å². The van der Waals surface area contributed by atoms with Crippen LogP contribution in [0.25, 0.3) is 0 Å². The van der Waals surface area contributed by atoms with Gasteiger partial charge in [-0.15, -0.1) is 0 Å². The van der Waals surface area contributed by atoms with Crippen molar-refractivity contribution in [3.63, 3.8) is 0 Å². The average Bonchev–Trinajstić information content (AvgIpc) is 3.24. The maximum absolute atomic E-state index is 12.6. The van der Waals surface area contributed by atoms with E-state index in [-0.39, 0.29) is 18.1 Å². The summed E-state index contributed by atoms with van der Waals surface area (Å²) in [5, 5.41) is 20.5. The number of nitrogens with one attached hydrogen (secondary N) is 2. The molecule has 4 aromatic rings. The minimum absolute atomic E-state index is 0.0162. The van der Waals surface area contributed by atoms with Crippen molar-refractivity contribution >= 4 is 46.6 Å². The highest BCUT2D eigenvalue weighted by molar-refractivity contribution is 7.99. The number of rotatable bonds is 8.